The van der Waals surface area contributed by atoms with E-state index in [0.717, 1.165) is 77.4 Å². The van der Waals surface area contributed by atoms with E-state index in [1.165, 1.54) is 59.6 Å². The van der Waals surface area contributed by atoms with Crippen LogP contribution in [0, 0.1) is 92.7 Å². The smallest absolute Gasteiger partial charge is 0.172 e. The molecular formula is C54H76N2O6. The summed E-state index contributed by atoms with van der Waals surface area (Å²) in [6, 6.07) is 0. The van der Waals surface area contributed by atoms with Crippen molar-refractivity contribution >= 4 is 0 Å². The van der Waals surface area contributed by atoms with E-state index >= 15 is 0 Å². The van der Waals surface area contributed by atoms with Gasteiger partial charge in [0.25, 0.3) is 0 Å². The molecule has 0 aromatic carbocycles. The van der Waals surface area contributed by atoms with Crippen LogP contribution < -0.4 is 0 Å². The number of fused-ring (bicyclic) bond motifs is 16. The molecule has 2 spiro atoms. The van der Waals surface area contributed by atoms with Crippen molar-refractivity contribution < 1.29 is 29.2 Å². The molecule has 4 saturated heterocycles. The van der Waals surface area contributed by atoms with Gasteiger partial charge in [-0.3, -0.25) is 9.97 Å². The first-order chi connectivity index (χ1) is 29.5. The number of aromatic nitrogens is 2. The van der Waals surface area contributed by atoms with Crippen LogP contribution in [-0.2, 0) is 44.6 Å². The third kappa shape index (κ3) is 4.97. The molecule has 0 amide bonds. The number of nitrogens with zero attached hydrogens (tertiary/aromatic N) is 2. The Morgan fingerprint density at radius 1 is 0.565 bits per heavy atom. The summed E-state index contributed by atoms with van der Waals surface area (Å²) in [6.45, 7) is 20.7. The van der Waals surface area contributed by atoms with Gasteiger partial charge in [0.1, 0.15) is 0 Å². The molecule has 22 atom stereocenters. The van der Waals surface area contributed by atoms with E-state index in [1.54, 1.807) is 0 Å². The Labute approximate surface area is 371 Å². The van der Waals surface area contributed by atoms with Gasteiger partial charge >= 0.3 is 0 Å². The minimum Gasteiger partial charge on any atom is -0.392 e. The predicted octanol–water partition coefficient (Wildman–Crippen LogP) is 8.98. The molecule has 2 N–H and O–H groups in total. The van der Waals surface area contributed by atoms with Crippen molar-refractivity contribution in [2.45, 2.75) is 181 Å². The van der Waals surface area contributed by atoms with Crippen molar-refractivity contribution in [3.05, 3.63) is 46.1 Å². The monoisotopic (exact) mass is 849 g/mol. The fraction of sp³-hybridized carbons (Fsp3) is 0.852. The maximum absolute atomic E-state index is 12.4. The molecule has 13 rings (SSSR count). The molecule has 62 heavy (non-hydrogen) atoms. The Bertz CT molecular complexity index is 1970. The van der Waals surface area contributed by atoms with Crippen molar-refractivity contribution in [3.63, 3.8) is 0 Å². The van der Waals surface area contributed by atoms with Crippen LogP contribution in [0.4, 0.5) is 0 Å². The van der Waals surface area contributed by atoms with Gasteiger partial charge < -0.3 is 29.2 Å². The second kappa shape index (κ2) is 13.1. The lowest BCUT2D eigenvalue weighted by molar-refractivity contribution is -0.265. The van der Waals surface area contributed by atoms with E-state index in [4.69, 9.17) is 28.9 Å². The van der Waals surface area contributed by atoms with Gasteiger partial charge in [0.2, 0.25) is 0 Å². The number of rotatable bonds is 0. The zero-order chi connectivity index (χ0) is 42.7. The minimum atomic E-state index is -0.498. The second-order valence-electron chi connectivity index (χ2n) is 25.4. The third-order valence-electron chi connectivity index (χ3n) is 22.9. The fourth-order valence-corrected chi connectivity index (χ4v) is 19.1. The Morgan fingerprint density at radius 2 is 0.984 bits per heavy atom. The normalized spacial score (nSPS) is 57.8. The Kier molecular flexibility index (Phi) is 8.54. The Hall–Kier alpha value is -1.68. The van der Waals surface area contributed by atoms with Gasteiger partial charge in [-0.1, -0.05) is 78.7 Å². The average Bonchev–Trinajstić information content (AvgIpc) is 3.89. The molecular weight excluding hydrogens is 773 g/mol. The second-order valence-corrected chi connectivity index (χ2v) is 25.4. The molecule has 8 aliphatic carbocycles. The summed E-state index contributed by atoms with van der Waals surface area (Å²) in [7, 11) is 0. The summed E-state index contributed by atoms with van der Waals surface area (Å²) in [5.74, 6) is 4.14. The lowest BCUT2D eigenvalue weighted by atomic mass is 9.44. The quantitative estimate of drug-likeness (QED) is 0.250. The standard InChI is InChI=1S/C54H76N2O6/c1-27-13-15-53(59-25-27)29(3)47-43(61-53)19-37-33-11-9-31-17-39-41(23-49(31,5)35(33)21-45(57)51(37,47)7)55-40-18-32-10-12-34-36(50(32,6)24-42(40)56-39)22-46(58)52(8)38(34)20-44-48(52)30(4)54(62-44)16-14-28(2)26-60-54/h19-20,27-36,43-48,57-58H,9-18,21-26H2,1-8H3/t27-,28-,29-,30-,31-,32-,33+,34+,35-,36-,43-,44-,45-,46-,47-,48-,49-,50-,51+,52+,53+,54+/m0/s1. The summed E-state index contributed by atoms with van der Waals surface area (Å²) >= 11 is 0. The molecule has 8 fully saturated rings. The topological polar surface area (TPSA) is 103 Å². The molecule has 338 valence electrons. The van der Waals surface area contributed by atoms with E-state index in [9.17, 15) is 10.2 Å². The highest BCUT2D eigenvalue weighted by atomic mass is 16.7. The summed E-state index contributed by atoms with van der Waals surface area (Å²) in [4.78, 5) is 11.3. The fourth-order valence-electron chi connectivity index (χ4n) is 19.1. The van der Waals surface area contributed by atoms with Gasteiger partial charge in [-0.05, 0) is 135 Å². The molecule has 0 radical (unpaired) electrons. The van der Waals surface area contributed by atoms with Crippen molar-refractivity contribution in [2.24, 2.45) is 92.7 Å². The van der Waals surface area contributed by atoms with Crippen molar-refractivity contribution in [2.75, 3.05) is 13.2 Å². The third-order valence-corrected chi connectivity index (χ3v) is 22.9. The average molecular weight is 849 g/mol. The van der Waals surface area contributed by atoms with Crippen molar-refractivity contribution in [1.29, 1.82) is 0 Å². The number of ether oxygens (including phenoxy) is 4. The van der Waals surface area contributed by atoms with E-state index in [-0.39, 0.29) is 69.7 Å². The predicted molar refractivity (Wildman–Crippen MR) is 235 cm³/mol. The first-order valence-electron chi connectivity index (χ1n) is 25.8. The number of hydrogen-bond donors (Lipinski definition) is 2. The van der Waals surface area contributed by atoms with E-state index in [1.807, 2.05) is 0 Å². The number of hydrogen-bond acceptors (Lipinski definition) is 8. The highest BCUT2D eigenvalue weighted by Gasteiger charge is 2.71. The SMILES string of the molecule is C[C@H]1CC[C@@]2(OC1)O[C@H]1C=C3[C@@H]4CC[C@H]5Cc6nc7c(nc6C[C@]5(C)[C@H]4C[C@H](O)[C@]3(C)[C@H]1[C@@H]2C)C[C@@H]1CC[C@H]2C3=C[C@@H]4O[C@]5(CC[C@H](C)CO5)[C@@H](C)[C@@H]4[C@@]3(C)[C@@H](O)C[C@@H]2[C@@]1(C)C7. The maximum Gasteiger partial charge on any atom is 0.172 e. The van der Waals surface area contributed by atoms with Crippen LogP contribution >= 0.6 is 0 Å². The molecule has 12 aliphatic rings. The van der Waals surface area contributed by atoms with Crippen LogP contribution in [0.2, 0.25) is 0 Å². The van der Waals surface area contributed by atoms with Gasteiger partial charge in [-0.25, -0.2) is 0 Å². The molecule has 5 heterocycles. The Morgan fingerprint density at radius 3 is 1.37 bits per heavy atom. The minimum absolute atomic E-state index is 0.0317. The molecule has 8 heteroatoms. The maximum atomic E-state index is 12.4. The van der Waals surface area contributed by atoms with Gasteiger partial charge in [0.15, 0.2) is 11.6 Å². The van der Waals surface area contributed by atoms with Crippen LogP contribution in [0.3, 0.4) is 0 Å². The molecule has 4 aliphatic heterocycles. The van der Waals surface area contributed by atoms with Crippen LogP contribution in [-0.4, -0.2) is 69.4 Å². The van der Waals surface area contributed by atoms with Crippen molar-refractivity contribution in [1.82, 2.24) is 9.97 Å². The molecule has 0 unspecified atom stereocenters. The lowest BCUT2D eigenvalue weighted by Gasteiger charge is -2.61. The van der Waals surface area contributed by atoms with Gasteiger partial charge in [0, 0.05) is 47.3 Å². The summed E-state index contributed by atoms with van der Waals surface area (Å²) in [5, 5.41) is 24.9. The first kappa shape index (κ1) is 40.6. The van der Waals surface area contributed by atoms with Gasteiger partial charge in [-0.2, -0.15) is 0 Å². The van der Waals surface area contributed by atoms with E-state index < -0.39 is 11.6 Å². The molecule has 1 aromatic heterocycles. The van der Waals surface area contributed by atoms with E-state index in [0.29, 0.717) is 47.3 Å². The van der Waals surface area contributed by atoms with Crippen LogP contribution in [0.25, 0.3) is 0 Å². The summed E-state index contributed by atoms with van der Waals surface area (Å²) in [5.41, 5.74) is 7.65. The zero-order valence-electron chi connectivity index (χ0n) is 39.1. The highest BCUT2D eigenvalue weighted by molar-refractivity contribution is 5.40. The summed E-state index contributed by atoms with van der Waals surface area (Å²) in [6.07, 6.45) is 19.0. The lowest BCUT2D eigenvalue weighted by Crippen LogP contribution is -2.58. The van der Waals surface area contributed by atoms with Gasteiger partial charge in [0.05, 0.1) is 60.4 Å². The number of aliphatic hydroxyl groups is 2. The number of aliphatic hydroxyl groups excluding tert-OH is 2. The largest absolute Gasteiger partial charge is 0.392 e. The Balaban J connectivity index is 0.762. The van der Waals surface area contributed by atoms with Crippen LogP contribution in [0.5, 0.6) is 0 Å². The molecule has 8 nitrogen and oxygen atoms in total. The molecule has 0 bridgehead atoms. The molecule has 4 saturated carbocycles. The highest BCUT2D eigenvalue weighted by Crippen LogP contribution is 2.71. The first-order valence-corrected chi connectivity index (χ1v) is 25.8. The summed E-state index contributed by atoms with van der Waals surface area (Å²) < 4.78 is 27.1. The zero-order valence-corrected chi connectivity index (χ0v) is 39.1. The van der Waals surface area contributed by atoms with Crippen LogP contribution in [0.1, 0.15) is 142 Å². The van der Waals surface area contributed by atoms with Crippen molar-refractivity contribution in [3.8, 4) is 0 Å². The molecule has 1 aromatic rings. The van der Waals surface area contributed by atoms with E-state index in [2.05, 4.69) is 67.5 Å². The van der Waals surface area contributed by atoms with Crippen LogP contribution in [0.15, 0.2) is 23.3 Å². The van der Waals surface area contributed by atoms with Gasteiger partial charge in [-0.15, -0.1) is 0 Å².